The third kappa shape index (κ3) is 3.66. The number of nitrogens with two attached hydrogens (primary N) is 1. The maximum Gasteiger partial charge on any atom is 0.353 e. The zero-order chi connectivity index (χ0) is 18.7. The Morgan fingerprint density at radius 1 is 1.12 bits per heavy atom. The van der Waals surface area contributed by atoms with E-state index in [-0.39, 0.29) is 23.3 Å². The van der Waals surface area contributed by atoms with E-state index in [2.05, 4.69) is 20.6 Å². The van der Waals surface area contributed by atoms with E-state index in [1.54, 1.807) is 12.1 Å². The zero-order valence-corrected chi connectivity index (χ0v) is 13.7. The summed E-state index contributed by atoms with van der Waals surface area (Å²) in [5.74, 6) is -1.06. The third-order valence-corrected chi connectivity index (χ3v) is 3.49. The van der Waals surface area contributed by atoms with Crippen molar-refractivity contribution in [2.75, 3.05) is 16.4 Å². The normalized spacial score (nSPS) is 10.4. The second-order valence-electron chi connectivity index (χ2n) is 5.49. The fourth-order valence-corrected chi connectivity index (χ4v) is 2.34. The highest BCUT2D eigenvalue weighted by molar-refractivity contribution is 5.75. The molecule has 9 heteroatoms. The zero-order valence-electron chi connectivity index (χ0n) is 13.7. The maximum absolute atomic E-state index is 13.9. The highest BCUT2D eigenvalue weighted by Crippen LogP contribution is 2.32. The molecule has 2 aromatic carbocycles. The van der Waals surface area contributed by atoms with Crippen LogP contribution >= 0.6 is 0 Å². The van der Waals surface area contributed by atoms with Gasteiger partial charge in [0.05, 0.1) is 10.6 Å². The van der Waals surface area contributed by atoms with Crippen LogP contribution in [0, 0.1) is 22.9 Å². The molecule has 4 N–H and O–H groups in total. The van der Waals surface area contributed by atoms with E-state index < -0.39 is 16.4 Å². The van der Waals surface area contributed by atoms with Crippen molar-refractivity contribution < 1.29 is 9.31 Å². The molecule has 0 fully saturated rings. The van der Waals surface area contributed by atoms with E-state index in [4.69, 9.17) is 5.73 Å². The first-order valence-electron chi connectivity index (χ1n) is 7.61. The van der Waals surface area contributed by atoms with Gasteiger partial charge in [0.1, 0.15) is 5.82 Å². The molecule has 0 aliphatic rings. The van der Waals surface area contributed by atoms with E-state index >= 15 is 0 Å². The second-order valence-corrected chi connectivity index (χ2v) is 5.49. The van der Waals surface area contributed by atoms with Crippen LogP contribution in [0.1, 0.15) is 5.56 Å². The first-order valence-corrected chi connectivity index (χ1v) is 7.61. The molecule has 132 valence electrons. The number of nitro groups is 1. The minimum Gasteiger partial charge on any atom is -0.378 e. The minimum atomic E-state index is -0.713. The van der Waals surface area contributed by atoms with Crippen molar-refractivity contribution in [3.63, 3.8) is 0 Å². The van der Waals surface area contributed by atoms with Gasteiger partial charge in [-0.15, -0.1) is 0 Å². The molecule has 0 atom stereocenters. The van der Waals surface area contributed by atoms with E-state index in [0.29, 0.717) is 5.69 Å². The van der Waals surface area contributed by atoms with Crippen LogP contribution in [0.3, 0.4) is 0 Å². The van der Waals surface area contributed by atoms with Crippen LogP contribution in [0.15, 0.2) is 48.5 Å². The van der Waals surface area contributed by atoms with Crippen LogP contribution in [0.5, 0.6) is 0 Å². The maximum atomic E-state index is 13.9. The van der Waals surface area contributed by atoms with E-state index in [9.17, 15) is 14.5 Å². The summed E-state index contributed by atoms with van der Waals surface area (Å²) in [6.45, 7) is 1.92. The smallest absolute Gasteiger partial charge is 0.353 e. The Balaban J connectivity index is 2.02. The van der Waals surface area contributed by atoms with Gasteiger partial charge in [0.25, 0.3) is 0 Å². The van der Waals surface area contributed by atoms with E-state index in [0.717, 1.165) is 5.56 Å². The van der Waals surface area contributed by atoms with Crippen LogP contribution in [-0.2, 0) is 0 Å². The van der Waals surface area contributed by atoms with Gasteiger partial charge in [0, 0.05) is 5.69 Å². The molecule has 0 aliphatic heterocycles. The van der Waals surface area contributed by atoms with Crippen molar-refractivity contribution in [1.29, 1.82) is 0 Å². The van der Waals surface area contributed by atoms with Gasteiger partial charge in [0.15, 0.2) is 0 Å². The highest BCUT2D eigenvalue weighted by atomic mass is 19.1. The number of aryl methyl sites for hydroxylation is 1. The molecule has 0 radical (unpaired) electrons. The number of benzene rings is 2. The molecule has 26 heavy (non-hydrogen) atoms. The van der Waals surface area contributed by atoms with Crippen LogP contribution < -0.4 is 16.4 Å². The number of aromatic nitrogens is 2. The van der Waals surface area contributed by atoms with Crippen molar-refractivity contribution in [1.82, 2.24) is 9.97 Å². The highest BCUT2D eigenvalue weighted by Gasteiger charge is 2.24. The molecule has 3 rings (SSSR count). The Morgan fingerprint density at radius 2 is 1.88 bits per heavy atom. The Morgan fingerprint density at radius 3 is 2.58 bits per heavy atom. The lowest BCUT2D eigenvalue weighted by Gasteiger charge is -2.11. The number of nitrogen functional groups attached to an aromatic ring is 1. The van der Waals surface area contributed by atoms with Gasteiger partial charge in [-0.2, -0.15) is 9.97 Å². The fourth-order valence-electron chi connectivity index (χ4n) is 2.34. The number of para-hydroxylation sites is 1. The predicted molar refractivity (Wildman–Crippen MR) is 97.2 cm³/mol. The first-order chi connectivity index (χ1) is 12.4. The summed E-state index contributed by atoms with van der Waals surface area (Å²) in [6.07, 6.45) is 0. The van der Waals surface area contributed by atoms with Crippen LogP contribution in [0.4, 0.5) is 39.0 Å². The molecule has 0 saturated carbocycles. The summed E-state index contributed by atoms with van der Waals surface area (Å²) >= 11 is 0. The molecular formula is C17H15FN6O2. The fraction of sp³-hybridized carbons (Fsp3) is 0.0588. The molecule has 0 aliphatic carbocycles. The lowest BCUT2D eigenvalue weighted by molar-refractivity contribution is -0.383. The lowest BCUT2D eigenvalue weighted by Crippen LogP contribution is -2.09. The van der Waals surface area contributed by atoms with Crippen LogP contribution in [0.2, 0.25) is 0 Å². The van der Waals surface area contributed by atoms with Gasteiger partial charge in [-0.3, -0.25) is 10.1 Å². The molecule has 0 amide bonds. The number of hydrogen-bond acceptors (Lipinski definition) is 7. The van der Waals surface area contributed by atoms with Crippen LogP contribution in [0.25, 0.3) is 0 Å². The van der Waals surface area contributed by atoms with E-state index in [1.165, 1.54) is 18.2 Å². The van der Waals surface area contributed by atoms with Gasteiger partial charge >= 0.3 is 5.69 Å². The topological polar surface area (TPSA) is 119 Å². The minimum absolute atomic E-state index is 0.0372. The average molecular weight is 354 g/mol. The summed E-state index contributed by atoms with van der Waals surface area (Å²) in [7, 11) is 0. The molecule has 1 heterocycles. The van der Waals surface area contributed by atoms with Gasteiger partial charge < -0.3 is 16.4 Å². The number of rotatable bonds is 5. The number of halogens is 1. The Labute approximate surface area is 148 Å². The SMILES string of the molecule is Cc1cccc(Nc2nc(N)c([N+](=O)[O-])c(Nc3ccccc3F)n2)c1. The summed E-state index contributed by atoms with van der Waals surface area (Å²) in [4.78, 5) is 18.6. The Bertz CT molecular complexity index is 979. The molecule has 0 saturated heterocycles. The van der Waals surface area contributed by atoms with Crippen LogP contribution in [-0.4, -0.2) is 14.9 Å². The summed E-state index contributed by atoms with van der Waals surface area (Å²) < 4.78 is 13.9. The summed E-state index contributed by atoms with van der Waals surface area (Å²) in [5, 5.41) is 16.9. The number of anilines is 5. The number of nitrogens with zero attached hydrogens (tertiary/aromatic N) is 3. The predicted octanol–water partition coefficient (Wildman–Crippen LogP) is 3.90. The molecule has 0 spiro atoms. The van der Waals surface area contributed by atoms with Crippen molar-refractivity contribution in [3.8, 4) is 0 Å². The van der Waals surface area contributed by atoms with Crippen molar-refractivity contribution in [2.45, 2.75) is 6.92 Å². The quantitative estimate of drug-likeness (QED) is 0.469. The standard InChI is InChI=1S/C17H15FN6O2/c1-10-5-4-6-11(9-10)20-17-22-15(19)14(24(25)26)16(23-17)21-13-8-3-2-7-12(13)18/h2-9H,1H3,(H4,19,20,21,22,23). The molecule has 1 aromatic heterocycles. The largest absolute Gasteiger partial charge is 0.378 e. The lowest BCUT2D eigenvalue weighted by atomic mass is 10.2. The molecule has 8 nitrogen and oxygen atoms in total. The van der Waals surface area contributed by atoms with Gasteiger partial charge in [-0.25, -0.2) is 4.39 Å². The van der Waals surface area contributed by atoms with Gasteiger partial charge in [0.2, 0.25) is 17.6 Å². The van der Waals surface area contributed by atoms with Crippen molar-refractivity contribution in [2.24, 2.45) is 0 Å². The first kappa shape index (κ1) is 17.1. The molecule has 0 bridgehead atoms. The Kier molecular flexibility index (Phi) is 4.61. The monoisotopic (exact) mass is 354 g/mol. The van der Waals surface area contributed by atoms with Gasteiger partial charge in [-0.05, 0) is 36.8 Å². The average Bonchev–Trinajstić information content (AvgIpc) is 2.56. The van der Waals surface area contributed by atoms with Crippen molar-refractivity contribution in [3.05, 3.63) is 70.0 Å². The molecule has 3 aromatic rings. The summed E-state index contributed by atoms with van der Waals surface area (Å²) in [5.41, 5.74) is 6.94. The second kappa shape index (κ2) is 7.01. The van der Waals surface area contributed by atoms with E-state index in [1.807, 2.05) is 25.1 Å². The third-order valence-electron chi connectivity index (χ3n) is 3.49. The number of nitrogens with one attached hydrogen (secondary N) is 2. The molecular weight excluding hydrogens is 339 g/mol. The molecule has 0 unspecified atom stereocenters. The number of hydrogen-bond donors (Lipinski definition) is 3. The van der Waals surface area contributed by atoms with Gasteiger partial charge in [-0.1, -0.05) is 24.3 Å². The summed E-state index contributed by atoms with van der Waals surface area (Å²) in [6, 6.07) is 13.2. The Hall–Kier alpha value is -3.75. The van der Waals surface area contributed by atoms with Crippen molar-refractivity contribution >= 4 is 34.6 Å².